The van der Waals surface area contributed by atoms with Crippen LogP contribution in [0.25, 0.3) is 6.08 Å². The van der Waals surface area contributed by atoms with Crippen LogP contribution in [0.15, 0.2) is 24.3 Å². The number of hydrogen-bond acceptors (Lipinski definition) is 2. The van der Waals surface area contributed by atoms with Gasteiger partial charge in [-0.2, -0.15) is 0 Å². The lowest BCUT2D eigenvalue weighted by molar-refractivity contribution is 0.101. The zero-order chi connectivity index (χ0) is 11.3. The Kier molecular flexibility index (Phi) is 4.18. The summed E-state index contributed by atoms with van der Waals surface area (Å²) in [4.78, 5) is 11.1. The van der Waals surface area contributed by atoms with Gasteiger partial charge < -0.3 is 5.73 Å². The summed E-state index contributed by atoms with van der Waals surface area (Å²) in [5, 5.41) is 0. The van der Waals surface area contributed by atoms with E-state index in [1.165, 1.54) is 13.0 Å². The van der Waals surface area contributed by atoms with E-state index in [9.17, 15) is 9.18 Å². The number of carbonyl (C=O) groups is 1. The van der Waals surface area contributed by atoms with Gasteiger partial charge in [0, 0.05) is 5.56 Å². The third-order valence-corrected chi connectivity index (χ3v) is 2.04. The first-order valence-corrected chi connectivity index (χ1v) is 4.83. The maximum absolute atomic E-state index is 13.6. The molecule has 1 aromatic rings. The van der Waals surface area contributed by atoms with Crippen molar-refractivity contribution in [3.8, 4) is 0 Å². The molecule has 0 saturated carbocycles. The molecule has 80 valence electrons. The van der Waals surface area contributed by atoms with Gasteiger partial charge in [0.25, 0.3) is 0 Å². The molecule has 0 fully saturated rings. The molecule has 0 aromatic heterocycles. The Bertz CT molecular complexity index is 385. The Hall–Kier alpha value is -1.48. The lowest BCUT2D eigenvalue weighted by Gasteiger charge is -2.01. The molecule has 0 aliphatic heterocycles. The molecule has 1 rings (SSSR count). The van der Waals surface area contributed by atoms with Gasteiger partial charge in [-0.25, -0.2) is 4.39 Å². The molecule has 3 heteroatoms. The molecule has 0 atom stereocenters. The van der Waals surface area contributed by atoms with Gasteiger partial charge in [-0.15, -0.1) is 0 Å². The molecule has 2 N–H and O–H groups in total. The van der Waals surface area contributed by atoms with Gasteiger partial charge in [0.05, 0.1) is 5.56 Å². The van der Waals surface area contributed by atoms with Crippen molar-refractivity contribution in [2.24, 2.45) is 5.73 Å². The van der Waals surface area contributed by atoms with E-state index in [-0.39, 0.29) is 11.3 Å². The summed E-state index contributed by atoms with van der Waals surface area (Å²) in [6.45, 7) is 1.89. The number of Topliss-reactive ketones (excluding diaryl/α,β-unsaturated/α-hetero) is 1. The molecule has 0 heterocycles. The second-order valence-electron chi connectivity index (χ2n) is 3.24. The van der Waals surface area contributed by atoms with Crippen molar-refractivity contribution in [3.05, 3.63) is 41.2 Å². The summed E-state index contributed by atoms with van der Waals surface area (Å²) < 4.78 is 13.6. The number of nitrogens with two attached hydrogens (primary N) is 1. The zero-order valence-electron chi connectivity index (χ0n) is 8.66. The van der Waals surface area contributed by atoms with E-state index in [0.717, 1.165) is 0 Å². The van der Waals surface area contributed by atoms with Crippen molar-refractivity contribution >= 4 is 11.9 Å². The lowest BCUT2D eigenvalue weighted by Crippen LogP contribution is -1.99. The number of rotatable bonds is 4. The summed E-state index contributed by atoms with van der Waals surface area (Å²) in [5.74, 6) is -0.722. The van der Waals surface area contributed by atoms with Crippen LogP contribution in [0.2, 0.25) is 0 Å². The van der Waals surface area contributed by atoms with E-state index < -0.39 is 5.82 Å². The fourth-order valence-corrected chi connectivity index (χ4v) is 1.26. The van der Waals surface area contributed by atoms with Crippen molar-refractivity contribution in [2.45, 2.75) is 13.3 Å². The molecule has 0 bridgehead atoms. The first-order valence-electron chi connectivity index (χ1n) is 4.83. The molecule has 0 aliphatic carbocycles. The third-order valence-electron chi connectivity index (χ3n) is 2.04. The van der Waals surface area contributed by atoms with E-state index in [4.69, 9.17) is 5.73 Å². The highest BCUT2D eigenvalue weighted by Crippen LogP contribution is 2.15. The van der Waals surface area contributed by atoms with Gasteiger partial charge >= 0.3 is 0 Å². The van der Waals surface area contributed by atoms with Crippen LogP contribution in [0.5, 0.6) is 0 Å². The first-order chi connectivity index (χ1) is 7.16. The minimum Gasteiger partial charge on any atom is -0.330 e. The zero-order valence-corrected chi connectivity index (χ0v) is 8.66. The largest absolute Gasteiger partial charge is 0.330 e. The van der Waals surface area contributed by atoms with Gasteiger partial charge in [-0.05, 0) is 26.0 Å². The second-order valence-corrected chi connectivity index (χ2v) is 3.24. The average molecular weight is 207 g/mol. The highest BCUT2D eigenvalue weighted by Gasteiger charge is 2.08. The summed E-state index contributed by atoms with van der Waals surface area (Å²) >= 11 is 0. The Labute approximate surface area is 88.6 Å². The smallest absolute Gasteiger partial charge is 0.162 e. The molecule has 1 aromatic carbocycles. The number of carbonyl (C=O) groups excluding carboxylic acids is 1. The van der Waals surface area contributed by atoms with Crippen molar-refractivity contribution in [1.82, 2.24) is 0 Å². The number of ketones is 1. The molecule has 0 unspecified atom stereocenters. The maximum Gasteiger partial charge on any atom is 0.162 e. The van der Waals surface area contributed by atoms with Crippen LogP contribution in [0.3, 0.4) is 0 Å². The Morgan fingerprint density at radius 1 is 1.53 bits per heavy atom. The van der Waals surface area contributed by atoms with E-state index in [1.54, 1.807) is 24.3 Å². The van der Waals surface area contributed by atoms with Gasteiger partial charge in [0.15, 0.2) is 5.78 Å². The molecular formula is C12H14FNO. The molecule has 0 aliphatic rings. The molecule has 0 saturated heterocycles. The van der Waals surface area contributed by atoms with E-state index in [1.807, 2.05) is 0 Å². The predicted molar refractivity (Wildman–Crippen MR) is 59.1 cm³/mol. The van der Waals surface area contributed by atoms with E-state index in [0.29, 0.717) is 18.5 Å². The Morgan fingerprint density at radius 3 is 2.87 bits per heavy atom. The average Bonchev–Trinajstić information content (AvgIpc) is 2.20. The number of benzene rings is 1. The molecule has 0 spiro atoms. The van der Waals surface area contributed by atoms with Gasteiger partial charge in [0.1, 0.15) is 5.82 Å². The van der Waals surface area contributed by atoms with Gasteiger partial charge in [0.2, 0.25) is 0 Å². The van der Waals surface area contributed by atoms with Crippen LogP contribution in [0.4, 0.5) is 4.39 Å². The number of halogens is 1. The van der Waals surface area contributed by atoms with Crippen LogP contribution >= 0.6 is 0 Å². The van der Waals surface area contributed by atoms with Crippen molar-refractivity contribution in [1.29, 1.82) is 0 Å². The highest BCUT2D eigenvalue weighted by atomic mass is 19.1. The van der Waals surface area contributed by atoms with E-state index in [2.05, 4.69) is 0 Å². The maximum atomic E-state index is 13.6. The van der Waals surface area contributed by atoms with Gasteiger partial charge in [-0.3, -0.25) is 4.79 Å². The minimum absolute atomic E-state index is 0.130. The molecule has 0 amide bonds. The highest BCUT2D eigenvalue weighted by molar-refractivity contribution is 5.94. The van der Waals surface area contributed by atoms with E-state index >= 15 is 0 Å². The van der Waals surface area contributed by atoms with Gasteiger partial charge in [-0.1, -0.05) is 24.3 Å². The van der Waals surface area contributed by atoms with Crippen LogP contribution < -0.4 is 5.73 Å². The molecule has 15 heavy (non-hydrogen) atoms. The topological polar surface area (TPSA) is 43.1 Å². The molecule has 2 nitrogen and oxygen atoms in total. The van der Waals surface area contributed by atoms with Crippen LogP contribution in [-0.2, 0) is 0 Å². The van der Waals surface area contributed by atoms with Crippen molar-refractivity contribution in [3.63, 3.8) is 0 Å². The fraction of sp³-hybridized carbons (Fsp3) is 0.250. The standard InChI is InChI=1S/C12H14FNO/c1-9(15)11-7-4-6-10(12(11)13)5-2-3-8-14/h2,4-7H,3,8,14H2,1H3. The fourth-order valence-electron chi connectivity index (χ4n) is 1.26. The Balaban J connectivity index is 2.99. The van der Waals surface area contributed by atoms with Crippen LogP contribution in [0.1, 0.15) is 29.3 Å². The molecule has 0 radical (unpaired) electrons. The minimum atomic E-state index is -0.460. The summed E-state index contributed by atoms with van der Waals surface area (Å²) in [6.07, 6.45) is 4.14. The summed E-state index contributed by atoms with van der Waals surface area (Å²) in [6, 6.07) is 4.79. The van der Waals surface area contributed by atoms with Crippen LogP contribution in [0, 0.1) is 5.82 Å². The quantitative estimate of drug-likeness (QED) is 0.770. The summed E-state index contributed by atoms with van der Waals surface area (Å²) in [7, 11) is 0. The number of hydrogen-bond donors (Lipinski definition) is 1. The lowest BCUT2D eigenvalue weighted by atomic mass is 10.1. The SMILES string of the molecule is CC(=O)c1cccc(C=CCCN)c1F. The van der Waals surface area contributed by atoms with Crippen LogP contribution in [-0.4, -0.2) is 12.3 Å². The third kappa shape index (κ3) is 2.99. The first kappa shape index (κ1) is 11.6. The normalized spacial score (nSPS) is 10.9. The van der Waals surface area contributed by atoms with Crippen molar-refractivity contribution < 1.29 is 9.18 Å². The second kappa shape index (κ2) is 5.41. The summed E-state index contributed by atoms with van der Waals surface area (Å²) in [5.41, 5.74) is 5.87. The monoisotopic (exact) mass is 207 g/mol. The molecular weight excluding hydrogens is 193 g/mol. The Morgan fingerprint density at radius 2 is 2.27 bits per heavy atom. The predicted octanol–water partition coefficient (Wildman–Crippen LogP) is 2.39. The van der Waals surface area contributed by atoms with Crippen molar-refractivity contribution in [2.75, 3.05) is 6.54 Å².